The van der Waals surface area contributed by atoms with Gasteiger partial charge in [0.2, 0.25) is 0 Å². The first-order chi connectivity index (χ1) is 6.83. The summed E-state index contributed by atoms with van der Waals surface area (Å²) in [5.74, 6) is 0.483. The number of imidazole rings is 1. The quantitative estimate of drug-likeness (QED) is 0.700. The van der Waals surface area contributed by atoms with Gasteiger partial charge in [0, 0.05) is 6.04 Å². The van der Waals surface area contributed by atoms with E-state index in [0.29, 0.717) is 23.0 Å². The molecule has 0 aliphatic heterocycles. The van der Waals surface area contributed by atoms with Gasteiger partial charge in [0.15, 0.2) is 11.5 Å². The van der Waals surface area contributed by atoms with Crippen LogP contribution in [0.1, 0.15) is 12.8 Å². The molecule has 5 nitrogen and oxygen atoms in total. The Morgan fingerprint density at radius 2 is 2.29 bits per heavy atom. The fraction of sp³-hybridized carbons (Fsp3) is 0.375. The van der Waals surface area contributed by atoms with Crippen molar-refractivity contribution in [2.24, 2.45) is 0 Å². The Morgan fingerprint density at radius 1 is 1.43 bits per heavy atom. The Kier molecular flexibility index (Phi) is 1.44. The van der Waals surface area contributed by atoms with Crippen LogP contribution in [0.4, 0.5) is 10.2 Å². The van der Waals surface area contributed by atoms with Crippen molar-refractivity contribution in [2.45, 2.75) is 18.9 Å². The molecule has 0 unspecified atom stereocenters. The third-order valence-corrected chi connectivity index (χ3v) is 2.17. The fourth-order valence-electron chi connectivity index (χ4n) is 1.33. The highest BCUT2D eigenvalue weighted by molar-refractivity contribution is 5.82. The fourth-order valence-corrected chi connectivity index (χ4v) is 1.33. The molecule has 1 aliphatic carbocycles. The summed E-state index contributed by atoms with van der Waals surface area (Å²) in [6.45, 7) is 0. The molecule has 1 aliphatic rings. The standard InChI is InChI=1S/C8H8FN5/c9-8-13-6-5(10-3-11-6)7(14-8)12-4-1-2-4/h3-4H,1-2H2,(H2,10,11,12,13,14). The molecule has 3 rings (SSSR count). The second-order valence-electron chi connectivity index (χ2n) is 3.36. The van der Waals surface area contributed by atoms with Gasteiger partial charge in [-0.2, -0.15) is 14.4 Å². The lowest BCUT2D eigenvalue weighted by atomic mass is 10.5. The van der Waals surface area contributed by atoms with Gasteiger partial charge < -0.3 is 10.3 Å². The van der Waals surface area contributed by atoms with Crippen LogP contribution in [0.15, 0.2) is 6.33 Å². The third kappa shape index (κ3) is 1.19. The molecule has 72 valence electrons. The van der Waals surface area contributed by atoms with Crippen LogP contribution >= 0.6 is 0 Å². The van der Waals surface area contributed by atoms with Gasteiger partial charge in [-0.05, 0) is 12.8 Å². The van der Waals surface area contributed by atoms with Crippen LogP contribution in [0.3, 0.4) is 0 Å². The van der Waals surface area contributed by atoms with Crippen molar-refractivity contribution in [2.75, 3.05) is 5.32 Å². The number of halogens is 1. The zero-order valence-corrected chi connectivity index (χ0v) is 7.29. The van der Waals surface area contributed by atoms with Gasteiger partial charge in [-0.25, -0.2) is 4.98 Å². The van der Waals surface area contributed by atoms with Gasteiger partial charge in [-0.3, -0.25) is 0 Å². The maximum absolute atomic E-state index is 12.9. The van der Waals surface area contributed by atoms with Gasteiger partial charge >= 0.3 is 6.08 Å². The molecule has 6 heteroatoms. The average Bonchev–Trinajstić information content (AvgIpc) is 2.81. The average molecular weight is 193 g/mol. The zero-order chi connectivity index (χ0) is 9.54. The summed E-state index contributed by atoms with van der Waals surface area (Å²) in [7, 11) is 0. The van der Waals surface area contributed by atoms with E-state index in [1.54, 1.807) is 0 Å². The van der Waals surface area contributed by atoms with Crippen molar-refractivity contribution in [1.29, 1.82) is 0 Å². The maximum atomic E-state index is 12.9. The van der Waals surface area contributed by atoms with E-state index in [9.17, 15) is 4.39 Å². The van der Waals surface area contributed by atoms with Gasteiger partial charge in [-0.1, -0.05) is 0 Å². The maximum Gasteiger partial charge on any atom is 0.312 e. The highest BCUT2D eigenvalue weighted by atomic mass is 19.1. The molecule has 0 radical (unpaired) electrons. The minimum atomic E-state index is -0.732. The van der Waals surface area contributed by atoms with Gasteiger partial charge in [-0.15, -0.1) is 0 Å². The van der Waals surface area contributed by atoms with Crippen molar-refractivity contribution < 1.29 is 4.39 Å². The summed E-state index contributed by atoms with van der Waals surface area (Å²) in [5, 5.41) is 3.11. The van der Waals surface area contributed by atoms with Crippen LogP contribution in [-0.4, -0.2) is 26.0 Å². The number of aromatic amines is 1. The first-order valence-corrected chi connectivity index (χ1v) is 4.46. The number of nitrogens with one attached hydrogen (secondary N) is 2. The summed E-state index contributed by atoms with van der Waals surface area (Å²) in [6.07, 6.45) is 2.97. The number of hydrogen-bond donors (Lipinski definition) is 2. The van der Waals surface area contributed by atoms with E-state index in [0.717, 1.165) is 12.8 Å². The SMILES string of the molecule is Fc1nc(NC2CC2)c2nc[nH]c2n1. The van der Waals surface area contributed by atoms with Gasteiger partial charge in [0.1, 0.15) is 5.52 Å². The molecule has 14 heavy (non-hydrogen) atoms. The monoisotopic (exact) mass is 193 g/mol. The predicted molar refractivity (Wildman–Crippen MR) is 48.3 cm³/mol. The lowest BCUT2D eigenvalue weighted by molar-refractivity contribution is 0.545. The van der Waals surface area contributed by atoms with Crippen molar-refractivity contribution in [1.82, 2.24) is 19.9 Å². The molecule has 0 aromatic carbocycles. The van der Waals surface area contributed by atoms with Crippen LogP contribution in [0.2, 0.25) is 0 Å². The summed E-state index contributed by atoms with van der Waals surface area (Å²) in [5.41, 5.74) is 1.03. The van der Waals surface area contributed by atoms with E-state index in [1.807, 2.05) is 0 Å². The van der Waals surface area contributed by atoms with E-state index in [2.05, 4.69) is 25.3 Å². The second kappa shape index (κ2) is 2.63. The van der Waals surface area contributed by atoms with E-state index in [-0.39, 0.29) is 0 Å². The third-order valence-electron chi connectivity index (χ3n) is 2.17. The molecule has 0 saturated heterocycles. The van der Waals surface area contributed by atoms with E-state index >= 15 is 0 Å². The van der Waals surface area contributed by atoms with E-state index in [1.165, 1.54) is 6.33 Å². The number of H-pyrrole nitrogens is 1. The van der Waals surface area contributed by atoms with Crippen LogP contribution in [0.5, 0.6) is 0 Å². The van der Waals surface area contributed by atoms with Crippen molar-refractivity contribution in [3.05, 3.63) is 12.4 Å². The number of fused-ring (bicyclic) bond motifs is 1. The number of aromatic nitrogens is 4. The smallest absolute Gasteiger partial charge is 0.312 e. The molecule has 2 aromatic heterocycles. The second-order valence-corrected chi connectivity index (χ2v) is 3.36. The normalized spacial score (nSPS) is 16.1. The lowest BCUT2D eigenvalue weighted by Gasteiger charge is -2.02. The summed E-state index contributed by atoms with van der Waals surface area (Å²) in [6, 6.07) is 0.421. The Hall–Kier alpha value is -1.72. The Balaban J connectivity index is 2.13. The number of hydrogen-bond acceptors (Lipinski definition) is 4. The molecular formula is C8H8FN5. The van der Waals surface area contributed by atoms with Gasteiger partial charge in [0.05, 0.1) is 6.33 Å². The molecule has 2 aromatic rings. The van der Waals surface area contributed by atoms with Crippen molar-refractivity contribution >= 4 is 17.0 Å². The zero-order valence-electron chi connectivity index (χ0n) is 7.29. The minimum Gasteiger partial charge on any atom is -0.365 e. The molecular weight excluding hydrogens is 185 g/mol. The highest BCUT2D eigenvalue weighted by Gasteiger charge is 2.23. The summed E-state index contributed by atoms with van der Waals surface area (Å²) in [4.78, 5) is 14.1. The van der Waals surface area contributed by atoms with Crippen molar-refractivity contribution in [3.63, 3.8) is 0 Å². The number of nitrogens with zero attached hydrogens (tertiary/aromatic N) is 3. The summed E-state index contributed by atoms with van der Waals surface area (Å²) >= 11 is 0. The molecule has 0 atom stereocenters. The van der Waals surface area contributed by atoms with Crippen LogP contribution in [0, 0.1) is 6.08 Å². The van der Waals surface area contributed by atoms with E-state index in [4.69, 9.17) is 0 Å². The summed E-state index contributed by atoms with van der Waals surface area (Å²) < 4.78 is 12.9. The minimum absolute atomic E-state index is 0.421. The van der Waals surface area contributed by atoms with Crippen LogP contribution < -0.4 is 5.32 Å². The van der Waals surface area contributed by atoms with Crippen LogP contribution in [0.25, 0.3) is 11.2 Å². The predicted octanol–water partition coefficient (Wildman–Crippen LogP) is 1.07. The molecule has 2 N–H and O–H groups in total. The Bertz CT molecular complexity index is 476. The first kappa shape index (κ1) is 7.66. The molecule has 0 bridgehead atoms. The lowest BCUT2D eigenvalue weighted by Crippen LogP contribution is -2.05. The number of anilines is 1. The molecule has 2 heterocycles. The molecule has 0 spiro atoms. The van der Waals surface area contributed by atoms with Crippen molar-refractivity contribution in [3.8, 4) is 0 Å². The number of rotatable bonds is 2. The van der Waals surface area contributed by atoms with Crippen LogP contribution in [-0.2, 0) is 0 Å². The molecule has 0 amide bonds. The van der Waals surface area contributed by atoms with Gasteiger partial charge in [0.25, 0.3) is 0 Å². The Labute approximate surface area is 78.8 Å². The topological polar surface area (TPSA) is 66.5 Å². The largest absolute Gasteiger partial charge is 0.365 e. The molecule has 1 fully saturated rings. The first-order valence-electron chi connectivity index (χ1n) is 4.46. The Morgan fingerprint density at radius 3 is 3.07 bits per heavy atom. The van der Waals surface area contributed by atoms with E-state index < -0.39 is 6.08 Å². The molecule has 1 saturated carbocycles. The highest BCUT2D eigenvalue weighted by Crippen LogP contribution is 2.26.